The van der Waals surface area contributed by atoms with Gasteiger partial charge in [-0.3, -0.25) is 9.63 Å². The fourth-order valence-corrected chi connectivity index (χ4v) is 2.21. The molecule has 1 atom stereocenters. The quantitative estimate of drug-likeness (QED) is 0.827. The molecular formula is C17H18N2O4. The minimum atomic E-state index is -0.337. The molecule has 1 saturated heterocycles. The predicted octanol–water partition coefficient (Wildman–Crippen LogP) is 2.11. The van der Waals surface area contributed by atoms with Gasteiger partial charge in [0, 0.05) is 24.2 Å². The summed E-state index contributed by atoms with van der Waals surface area (Å²) in [5, 5.41) is 0. The first-order chi connectivity index (χ1) is 11.3. The van der Waals surface area contributed by atoms with E-state index < -0.39 is 0 Å². The summed E-state index contributed by atoms with van der Waals surface area (Å²) < 4.78 is 10.9. The summed E-state index contributed by atoms with van der Waals surface area (Å²) in [6.07, 6.45) is 2.37. The van der Waals surface area contributed by atoms with Crippen LogP contribution in [0.25, 0.3) is 0 Å². The third-order valence-corrected chi connectivity index (χ3v) is 3.42. The van der Waals surface area contributed by atoms with Crippen LogP contribution in [0.5, 0.6) is 5.88 Å². The lowest BCUT2D eigenvalue weighted by Crippen LogP contribution is -2.24. The highest BCUT2D eigenvalue weighted by molar-refractivity contribution is 5.93. The van der Waals surface area contributed by atoms with Gasteiger partial charge in [-0.1, -0.05) is 30.3 Å². The molecule has 0 radical (unpaired) electrons. The highest BCUT2D eigenvalue weighted by Crippen LogP contribution is 2.15. The van der Waals surface area contributed by atoms with Crippen LogP contribution in [0.15, 0.2) is 48.7 Å². The fourth-order valence-electron chi connectivity index (χ4n) is 2.21. The van der Waals surface area contributed by atoms with Crippen LogP contribution in [-0.4, -0.2) is 30.2 Å². The number of aromatic nitrogens is 1. The van der Waals surface area contributed by atoms with Crippen molar-refractivity contribution >= 4 is 5.91 Å². The Kier molecular flexibility index (Phi) is 5.18. The van der Waals surface area contributed by atoms with Gasteiger partial charge in [-0.05, 0) is 11.6 Å². The number of benzene rings is 1. The highest BCUT2D eigenvalue weighted by atomic mass is 16.6. The average Bonchev–Trinajstić information content (AvgIpc) is 3.09. The molecule has 1 aromatic carbocycles. The van der Waals surface area contributed by atoms with Crippen LogP contribution in [0, 0.1) is 0 Å². The van der Waals surface area contributed by atoms with Crippen molar-refractivity contribution in [1.29, 1.82) is 0 Å². The van der Waals surface area contributed by atoms with E-state index in [-0.39, 0.29) is 12.0 Å². The number of pyridine rings is 1. The van der Waals surface area contributed by atoms with Gasteiger partial charge in [0.2, 0.25) is 5.88 Å². The van der Waals surface area contributed by atoms with Gasteiger partial charge >= 0.3 is 0 Å². The highest BCUT2D eigenvalue weighted by Gasteiger charge is 2.18. The van der Waals surface area contributed by atoms with E-state index in [4.69, 9.17) is 14.3 Å². The lowest BCUT2D eigenvalue weighted by molar-refractivity contribution is 0.0233. The van der Waals surface area contributed by atoms with Gasteiger partial charge in [-0.15, -0.1) is 0 Å². The first kappa shape index (κ1) is 15.5. The second-order valence-electron chi connectivity index (χ2n) is 5.19. The zero-order valence-corrected chi connectivity index (χ0v) is 12.6. The number of hydroxylamine groups is 1. The molecule has 1 aromatic heterocycles. The molecule has 3 rings (SSSR count). The Bertz CT molecular complexity index is 642. The van der Waals surface area contributed by atoms with Gasteiger partial charge in [0.15, 0.2) is 0 Å². The van der Waals surface area contributed by atoms with Crippen LogP contribution in [0.2, 0.25) is 0 Å². The molecule has 6 nitrogen and oxygen atoms in total. The molecule has 6 heteroatoms. The van der Waals surface area contributed by atoms with Crippen LogP contribution in [0.1, 0.15) is 22.3 Å². The molecule has 0 aliphatic carbocycles. The summed E-state index contributed by atoms with van der Waals surface area (Å²) in [6.45, 7) is 1.55. The number of carbonyl (C=O) groups excluding carboxylic acids is 1. The number of rotatable bonds is 6. The monoisotopic (exact) mass is 314 g/mol. The van der Waals surface area contributed by atoms with E-state index >= 15 is 0 Å². The normalized spacial score (nSPS) is 17.0. The molecule has 1 amide bonds. The Balaban J connectivity index is 1.52. The average molecular weight is 314 g/mol. The number of ether oxygens (including phenoxy) is 2. The molecule has 1 N–H and O–H groups in total. The molecular weight excluding hydrogens is 296 g/mol. The predicted molar refractivity (Wildman–Crippen MR) is 82.8 cm³/mol. The number of hydrogen-bond donors (Lipinski definition) is 1. The smallest absolute Gasteiger partial charge is 0.275 e. The molecule has 1 unspecified atom stereocenters. The zero-order valence-electron chi connectivity index (χ0n) is 12.6. The van der Waals surface area contributed by atoms with Crippen LogP contribution >= 0.6 is 0 Å². The number of amides is 1. The lowest BCUT2D eigenvalue weighted by atomic mass is 10.2. The molecule has 2 heterocycles. The van der Waals surface area contributed by atoms with Crippen molar-refractivity contribution in [3.63, 3.8) is 0 Å². The summed E-state index contributed by atoms with van der Waals surface area (Å²) in [7, 11) is 0. The minimum absolute atomic E-state index is 0.00450. The van der Waals surface area contributed by atoms with Gasteiger partial charge in [0.1, 0.15) is 6.10 Å². The summed E-state index contributed by atoms with van der Waals surface area (Å²) in [5.41, 5.74) is 3.83. The summed E-state index contributed by atoms with van der Waals surface area (Å²) in [6, 6.07) is 12.8. The Morgan fingerprint density at radius 1 is 1.30 bits per heavy atom. The standard InChI is InChI=1S/C17H18N2O4/c20-17(19-22-11-13-4-2-1-3-5-13)14-6-8-18-16(10-14)23-15-7-9-21-12-15/h1-6,8,10,15H,7,9,11-12H2,(H,19,20). The van der Waals surface area contributed by atoms with Crippen molar-refractivity contribution in [3.05, 3.63) is 59.8 Å². The van der Waals surface area contributed by atoms with Crippen molar-refractivity contribution < 1.29 is 19.1 Å². The Labute approximate surface area is 134 Å². The molecule has 120 valence electrons. The topological polar surface area (TPSA) is 69.7 Å². The third kappa shape index (κ3) is 4.51. The fraction of sp³-hybridized carbons (Fsp3) is 0.294. The van der Waals surface area contributed by atoms with Crippen LogP contribution in [-0.2, 0) is 16.2 Å². The zero-order chi connectivity index (χ0) is 15.9. The van der Waals surface area contributed by atoms with E-state index in [1.807, 2.05) is 30.3 Å². The molecule has 0 spiro atoms. The van der Waals surface area contributed by atoms with Crippen LogP contribution in [0.4, 0.5) is 0 Å². The Hall–Kier alpha value is -2.44. The van der Waals surface area contributed by atoms with Crippen LogP contribution < -0.4 is 10.2 Å². The van der Waals surface area contributed by atoms with E-state index in [1.165, 1.54) is 6.20 Å². The van der Waals surface area contributed by atoms with Crippen LogP contribution in [0.3, 0.4) is 0 Å². The second kappa shape index (κ2) is 7.71. The van der Waals surface area contributed by atoms with E-state index in [1.54, 1.807) is 12.1 Å². The number of nitrogens with one attached hydrogen (secondary N) is 1. The molecule has 2 aromatic rings. The maximum Gasteiger partial charge on any atom is 0.275 e. The second-order valence-corrected chi connectivity index (χ2v) is 5.19. The van der Waals surface area contributed by atoms with Gasteiger partial charge in [0.25, 0.3) is 5.91 Å². The molecule has 1 fully saturated rings. The van der Waals surface area contributed by atoms with E-state index in [2.05, 4.69) is 10.5 Å². The van der Waals surface area contributed by atoms with E-state index in [0.29, 0.717) is 31.3 Å². The maximum atomic E-state index is 12.1. The first-order valence-electron chi connectivity index (χ1n) is 7.48. The van der Waals surface area contributed by atoms with Gasteiger partial charge < -0.3 is 9.47 Å². The van der Waals surface area contributed by atoms with Crippen molar-refractivity contribution in [2.24, 2.45) is 0 Å². The SMILES string of the molecule is O=C(NOCc1ccccc1)c1ccnc(OC2CCOC2)c1. The molecule has 1 aliphatic rings. The van der Waals surface area contributed by atoms with Crippen molar-refractivity contribution in [2.75, 3.05) is 13.2 Å². The van der Waals surface area contributed by atoms with Gasteiger partial charge in [0.05, 0.1) is 19.8 Å². The van der Waals surface area contributed by atoms with Gasteiger partial charge in [-0.25, -0.2) is 10.5 Å². The Morgan fingerprint density at radius 2 is 2.17 bits per heavy atom. The number of nitrogens with zero attached hydrogens (tertiary/aromatic N) is 1. The summed E-state index contributed by atoms with van der Waals surface area (Å²) in [4.78, 5) is 21.4. The summed E-state index contributed by atoms with van der Waals surface area (Å²) >= 11 is 0. The minimum Gasteiger partial charge on any atom is -0.472 e. The molecule has 0 bridgehead atoms. The van der Waals surface area contributed by atoms with E-state index in [9.17, 15) is 4.79 Å². The Morgan fingerprint density at radius 3 is 2.96 bits per heavy atom. The number of hydrogen-bond acceptors (Lipinski definition) is 5. The van der Waals surface area contributed by atoms with Gasteiger partial charge in [-0.2, -0.15) is 0 Å². The van der Waals surface area contributed by atoms with Crippen molar-refractivity contribution in [1.82, 2.24) is 10.5 Å². The van der Waals surface area contributed by atoms with Crippen molar-refractivity contribution in [2.45, 2.75) is 19.1 Å². The maximum absolute atomic E-state index is 12.1. The van der Waals surface area contributed by atoms with Crippen molar-refractivity contribution in [3.8, 4) is 5.88 Å². The molecule has 1 aliphatic heterocycles. The third-order valence-electron chi connectivity index (χ3n) is 3.42. The van der Waals surface area contributed by atoms with E-state index in [0.717, 1.165) is 12.0 Å². The lowest BCUT2D eigenvalue weighted by Gasteiger charge is -2.11. The molecule has 23 heavy (non-hydrogen) atoms. The first-order valence-corrected chi connectivity index (χ1v) is 7.48. The molecule has 0 saturated carbocycles. The number of carbonyl (C=O) groups is 1. The summed E-state index contributed by atoms with van der Waals surface area (Å²) in [5.74, 6) is 0.0760. The largest absolute Gasteiger partial charge is 0.472 e.